The minimum Gasteiger partial charge on any atom is -0.465 e. The van der Waals surface area contributed by atoms with Crippen LogP contribution < -0.4 is 0 Å². The summed E-state index contributed by atoms with van der Waals surface area (Å²) in [7, 11) is 0. The minimum atomic E-state index is -1.25. The Morgan fingerprint density at radius 3 is 2.67 bits per heavy atom. The maximum absolute atomic E-state index is 12.0. The molecular formula is C21H32O6. The van der Waals surface area contributed by atoms with E-state index in [1.165, 1.54) is 6.92 Å². The van der Waals surface area contributed by atoms with Gasteiger partial charge in [-0.1, -0.05) is 13.8 Å². The Kier molecular flexibility index (Phi) is 4.39. The molecule has 0 radical (unpaired) electrons. The smallest absolute Gasteiger partial charge is 0.306 e. The van der Waals surface area contributed by atoms with Gasteiger partial charge in [0.1, 0.15) is 6.10 Å². The highest BCUT2D eigenvalue weighted by Crippen LogP contribution is 2.65. The average molecular weight is 380 g/mol. The van der Waals surface area contributed by atoms with Crippen LogP contribution in [0, 0.1) is 28.6 Å². The molecule has 4 fully saturated rings. The van der Waals surface area contributed by atoms with Gasteiger partial charge in [-0.05, 0) is 49.9 Å². The molecule has 0 spiro atoms. The quantitative estimate of drug-likeness (QED) is 0.678. The molecule has 4 aliphatic rings. The minimum absolute atomic E-state index is 0.0322. The van der Waals surface area contributed by atoms with Crippen LogP contribution in [-0.2, 0) is 19.1 Å². The van der Waals surface area contributed by atoms with Crippen molar-refractivity contribution in [2.24, 2.45) is 28.6 Å². The van der Waals surface area contributed by atoms with Gasteiger partial charge >= 0.3 is 11.9 Å². The lowest BCUT2D eigenvalue weighted by Crippen LogP contribution is -2.69. The zero-order chi connectivity index (χ0) is 19.6. The van der Waals surface area contributed by atoms with Crippen molar-refractivity contribution in [3.05, 3.63) is 0 Å². The van der Waals surface area contributed by atoms with Gasteiger partial charge < -0.3 is 19.7 Å². The van der Waals surface area contributed by atoms with Crippen molar-refractivity contribution < 1.29 is 29.3 Å². The van der Waals surface area contributed by atoms with E-state index in [1.54, 1.807) is 0 Å². The molecule has 3 saturated carbocycles. The number of hydrogen-bond acceptors (Lipinski definition) is 6. The fraction of sp³-hybridized carbons (Fsp3) is 0.905. The van der Waals surface area contributed by atoms with Crippen LogP contribution in [0.5, 0.6) is 0 Å². The topological polar surface area (TPSA) is 93.1 Å². The Hall–Kier alpha value is -1.14. The average Bonchev–Trinajstić information content (AvgIpc) is 2.58. The van der Waals surface area contributed by atoms with Crippen molar-refractivity contribution in [3.63, 3.8) is 0 Å². The number of cyclic esters (lactones) is 1. The molecule has 0 aromatic heterocycles. The first-order valence-electron chi connectivity index (χ1n) is 10.3. The van der Waals surface area contributed by atoms with E-state index in [-0.39, 0.29) is 47.6 Å². The second-order valence-electron chi connectivity index (χ2n) is 10.0. The third kappa shape index (κ3) is 2.74. The van der Waals surface area contributed by atoms with Gasteiger partial charge in [-0.2, -0.15) is 0 Å². The molecule has 1 saturated heterocycles. The number of fused-ring (bicyclic) bond motifs is 5. The Bertz CT molecular complexity index is 649. The molecule has 27 heavy (non-hydrogen) atoms. The zero-order valence-corrected chi connectivity index (χ0v) is 16.6. The molecule has 6 nitrogen and oxygen atoms in total. The van der Waals surface area contributed by atoms with Gasteiger partial charge in [-0.3, -0.25) is 9.59 Å². The second kappa shape index (κ2) is 6.18. The van der Waals surface area contributed by atoms with Crippen molar-refractivity contribution in [1.82, 2.24) is 0 Å². The summed E-state index contributed by atoms with van der Waals surface area (Å²) in [6.07, 6.45) is 3.35. The third-order valence-corrected chi connectivity index (χ3v) is 8.62. The highest BCUT2D eigenvalue weighted by atomic mass is 16.5. The van der Waals surface area contributed by atoms with Crippen molar-refractivity contribution in [2.45, 2.75) is 83.5 Å². The number of rotatable bonds is 1. The van der Waals surface area contributed by atoms with E-state index in [9.17, 15) is 19.8 Å². The molecule has 0 bridgehead atoms. The van der Waals surface area contributed by atoms with Crippen molar-refractivity contribution in [3.8, 4) is 0 Å². The number of aliphatic hydroxyl groups excluding tert-OH is 1. The Morgan fingerprint density at radius 2 is 1.96 bits per heavy atom. The Balaban J connectivity index is 1.64. The van der Waals surface area contributed by atoms with Gasteiger partial charge in [0.25, 0.3) is 0 Å². The van der Waals surface area contributed by atoms with Gasteiger partial charge in [0.05, 0.1) is 18.3 Å². The van der Waals surface area contributed by atoms with E-state index in [1.807, 2.05) is 0 Å². The molecule has 1 heterocycles. The number of carbonyl (C=O) groups is 2. The predicted molar refractivity (Wildman–Crippen MR) is 96.5 cm³/mol. The number of aliphatic hydroxyl groups is 2. The molecule has 3 aliphatic carbocycles. The molecule has 2 N–H and O–H groups in total. The first-order valence-corrected chi connectivity index (χ1v) is 10.3. The first-order chi connectivity index (χ1) is 12.6. The zero-order valence-electron chi connectivity index (χ0n) is 16.6. The summed E-state index contributed by atoms with van der Waals surface area (Å²) in [6, 6.07) is 0. The molecule has 0 unspecified atom stereocenters. The van der Waals surface area contributed by atoms with Crippen LogP contribution in [0.4, 0.5) is 0 Å². The Morgan fingerprint density at radius 1 is 1.22 bits per heavy atom. The van der Waals surface area contributed by atoms with Crippen LogP contribution >= 0.6 is 0 Å². The molecule has 6 heteroatoms. The summed E-state index contributed by atoms with van der Waals surface area (Å²) >= 11 is 0. The summed E-state index contributed by atoms with van der Waals surface area (Å²) < 4.78 is 10.7. The highest BCUT2D eigenvalue weighted by molar-refractivity contribution is 5.70. The highest BCUT2D eigenvalue weighted by Gasteiger charge is 2.67. The lowest BCUT2D eigenvalue weighted by molar-refractivity contribution is -0.271. The summed E-state index contributed by atoms with van der Waals surface area (Å²) in [5.74, 6) is 0.178. The fourth-order valence-corrected chi connectivity index (χ4v) is 7.03. The van der Waals surface area contributed by atoms with Crippen LogP contribution in [0.2, 0.25) is 0 Å². The first kappa shape index (κ1) is 19.2. The van der Waals surface area contributed by atoms with Gasteiger partial charge in [0.15, 0.2) is 0 Å². The lowest BCUT2D eigenvalue weighted by atomic mass is 9.42. The van der Waals surface area contributed by atoms with Gasteiger partial charge in [0, 0.05) is 30.6 Å². The molecule has 4 rings (SSSR count). The van der Waals surface area contributed by atoms with Gasteiger partial charge in [-0.25, -0.2) is 0 Å². The van der Waals surface area contributed by atoms with E-state index < -0.39 is 17.1 Å². The fourth-order valence-electron chi connectivity index (χ4n) is 7.03. The summed E-state index contributed by atoms with van der Waals surface area (Å²) in [6.45, 7) is 6.15. The lowest BCUT2D eigenvalue weighted by Gasteiger charge is -2.65. The largest absolute Gasteiger partial charge is 0.465 e. The maximum atomic E-state index is 12.0. The van der Waals surface area contributed by atoms with E-state index in [0.717, 1.165) is 12.8 Å². The van der Waals surface area contributed by atoms with E-state index in [0.29, 0.717) is 32.3 Å². The summed E-state index contributed by atoms with van der Waals surface area (Å²) in [5.41, 5.74) is -1.72. The molecule has 0 aromatic carbocycles. The Labute approximate surface area is 160 Å². The van der Waals surface area contributed by atoms with Crippen LogP contribution in [0.25, 0.3) is 0 Å². The van der Waals surface area contributed by atoms with E-state index in [2.05, 4.69) is 13.8 Å². The number of esters is 2. The molecule has 1 aliphatic heterocycles. The predicted octanol–water partition coefficient (Wildman–Crippen LogP) is 2.20. The van der Waals surface area contributed by atoms with Crippen LogP contribution in [-0.4, -0.2) is 46.6 Å². The van der Waals surface area contributed by atoms with Crippen molar-refractivity contribution in [1.29, 1.82) is 0 Å². The van der Waals surface area contributed by atoms with Crippen molar-refractivity contribution >= 4 is 11.9 Å². The molecule has 8 atom stereocenters. The molecular weight excluding hydrogens is 348 g/mol. The van der Waals surface area contributed by atoms with Gasteiger partial charge in [0.2, 0.25) is 0 Å². The van der Waals surface area contributed by atoms with Crippen LogP contribution in [0.3, 0.4) is 0 Å². The number of carbonyl (C=O) groups excluding carboxylic acids is 2. The number of hydrogen-bond donors (Lipinski definition) is 2. The van der Waals surface area contributed by atoms with Gasteiger partial charge in [-0.15, -0.1) is 0 Å². The second-order valence-corrected chi connectivity index (χ2v) is 10.0. The summed E-state index contributed by atoms with van der Waals surface area (Å²) in [5, 5.41) is 22.7. The van der Waals surface area contributed by atoms with E-state index >= 15 is 0 Å². The third-order valence-electron chi connectivity index (χ3n) is 8.62. The monoisotopic (exact) mass is 380 g/mol. The SMILES string of the molecule is CC(=O)O[C@H]1CC[C@]2(C)[C@H]3CC[C@]4(C)COC(=O)C[C@H]4[C@@H]3C[C@@H](O)[C@@]2(O)C1. The van der Waals surface area contributed by atoms with Crippen LogP contribution in [0.1, 0.15) is 65.7 Å². The molecule has 0 aromatic rings. The van der Waals surface area contributed by atoms with Crippen LogP contribution in [0.15, 0.2) is 0 Å². The number of ether oxygens (including phenoxy) is 2. The molecule has 152 valence electrons. The summed E-state index contributed by atoms with van der Waals surface area (Å²) in [4.78, 5) is 23.4. The van der Waals surface area contributed by atoms with Crippen molar-refractivity contribution in [2.75, 3.05) is 6.61 Å². The maximum Gasteiger partial charge on any atom is 0.306 e. The molecule has 0 amide bonds. The standard InChI is InChI=1S/C21H32O6/c1-12(22)27-13-4-7-20(3)15-5-6-19(2)11-26-18(24)9-16(19)14(15)8-17(23)21(20,25)10-13/h13-17,23,25H,4-11H2,1-3H3/t13-,14+,15-,16-,17+,19+,20+,21-/m0/s1. The van der Waals surface area contributed by atoms with E-state index in [4.69, 9.17) is 9.47 Å². The normalized spacial score (nSPS) is 52.0.